The number of hydrogen-bond acceptors (Lipinski definition) is 5. The number of aliphatic carboxylic acids is 1. The summed E-state index contributed by atoms with van der Waals surface area (Å²) in [5.74, 6) is -0.0236. The SMILES string of the molecule is C[C@@H](COc1ccc(C2=C(C(=O)O)[C@H]3CN(C(=O)O)C[C@@H](C2)N3C)cc1)CO[Si](C)(C)C(C)(C)C. The third-order valence-corrected chi connectivity index (χ3v) is 12.3. The van der Waals surface area contributed by atoms with Crippen LogP contribution in [0.25, 0.3) is 5.57 Å². The second-order valence-corrected chi connectivity index (χ2v) is 16.2. The lowest BCUT2D eigenvalue weighted by molar-refractivity contribution is -0.134. The van der Waals surface area contributed by atoms with Crippen molar-refractivity contribution in [1.29, 1.82) is 0 Å². The number of benzene rings is 1. The Morgan fingerprint density at radius 1 is 1.11 bits per heavy atom. The van der Waals surface area contributed by atoms with Crippen LogP contribution in [0.4, 0.5) is 4.79 Å². The van der Waals surface area contributed by atoms with Crippen molar-refractivity contribution >= 4 is 26.0 Å². The van der Waals surface area contributed by atoms with Crippen LogP contribution in [-0.2, 0) is 9.22 Å². The molecule has 2 aliphatic heterocycles. The summed E-state index contributed by atoms with van der Waals surface area (Å²) >= 11 is 0. The standard InChI is InChI=1S/C26H40N2O6Si/c1-17(16-34-35(6,7)26(2,3)4)15-33-20-10-8-18(9-11-20)21-12-19-13-28(25(31)32)14-22(27(19)5)23(21)24(29)30/h8-11,17,19,22H,12-16H2,1-7H3,(H,29,30)(H,31,32)/t17-,19+,22+/m0/s1. The lowest BCUT2D eigenvalue weighted by atomic mass is 9.82. The van der Waals surface area contributed by atoms with Crippen molar-refractivity contribution in [3.63, 3.8) is 0 Å². The smallest absolute Gasteiger partial charge is 0.407 e. The fourth-order valence-electron chi connectivity index (χ4n) is 4.41. The zero-order valence-electron chi connectivity index (χ0n) is 22.0. The van der Waals surface area contributed by atoms with Crippen LogP contribution >= 0.6 is 0 Å². The van der Waals surface area contributed by atoms with E-state index in [9.17, 15) is 19.8 Å². The molecule has 8 nitrogen and oxygen atoms in total. The first kappa shape index (κ1) is 27.2. The van der Waals surface area contributed by atoms with Gasteiger partial charge < -0.3 is 24.3 Å². The van der Waals surface area contributed by atoms with E-state index in [-0.39, 0.29) is 29.1 Å². The normalized spacial score (nSPS) is 22.2. The lowest BCUT2D eigenvalue weighted by Crippen LogP contribution is -2.61. The van der Waals surface area contributed by atoms with Gasteiger partial charge in [-0.15, -0.1) is 0 Å². The highest BCUT2D eigenvalue weighted by Crippen LogP contribution is 2.38. The Morgan fingerprint density at radius 3 is 2.29 bits per heavy atom. The minimum absolute atomic E-state index is 0.0550. The number of rotatable bonds is 8. The topological polar surface area (TPSA) is 99.5 Å². The van der Waals surface area contributed by atoms with Gasteiger partial charge in [0.1, 0.15) is 5.75 Å². The Labute approximate surface area is 209 Å². The van der Waals surface area contributed by atoms with Crippen molar-refractivity contribution in [3.8, 4) is 5.75 Å². The molecule has 3 atom stereocenters. The van der Waals surface area contributed by atoms with Gasteiger partial charge in [0.15, 0.2) is 8.32 Å². The zero-order chi connectivity index (χ0) is 26.1. The number of hydrogen-bond donors (Lipinski definition) is 2. The third-order valence-electron chi connectivity index (χ3n) is 7.76. The maximum Gasteiger partial charge on any atom is 0.407 e. The summed E-state index contributed by atoms with van der Waals surface area (Å²) in [6.45, 7) is 15.0. The van der Waals surface area contributed by atoms with Crippen LogP contribution in [0.1, 0.15) is 39.7 Å². The number of carbonyl (C=O) groups is 2. The third kappa shape index (κ3) is 6.07. The van der Waals surface area contributed by atoms with Crippen molar-refractivity contribution < 1.29 is 29.0 Å². The van der Waals surface area contributed by atoms with Crippen molar-refractivity contribution in [3.05, 3.63) is 35.4 Å². The molecule has 0 aliphatic carbocycles. The highest BCUT2D eigenvalue weighted by atomic mass is 28.4. The maximum absolute atomic E-state index is 12.2. The minimum atomic E-state index is -1.79. The van der Waals surface area contributed by atoms with Crippen molar-refractivity contribution in [1.82, 2.24) is 9.80 Å². The quantitative estimate of drug-likeness (QED) is 0.498. The number of fused-ring (bicyclic) bond motifs is 2. The number of carboxylic acids is 1. The summed E-state index contributed by atoms with van der Waals surface area (Å²) < 4.78 is 12.3. The molecule has 194 valence electrons. The van der Waals surface area contributed by atoms with E-state index in [1.165, 1.54) is 4.90 Å². The molecular formula is C26H40N2O6Si. The molecular weight excluding hydrogens is 464 g/mol. The minimum Gasteiger partial charge on any atom is -0.493 e. The van der Waals surface area contributed by atoms with Crippen LogP contribution in [0, 0.1) is 5.92 Å². The second kappa shape index (κ2) is 10.3. The fraction of sp³-hybridized carbons (Fsp3) is 0.615. The van der Waals surface area contributed by atoms with Gasteiger partial charge >= 0.3 is 12.1 Å². The van der Waals surface area contributed by atoms with Gasteiger partial charge in [0.2, 0.25) is 0 Å². The number of carboxylic acid groups (broad SMARTS) is 2. The average Bonchev–Trinajstić information content (AvgIpc) is 2.75. The Hall–Kier alpha value is -2.36. The average molecular weight is 505 g/mol. The summed E-state index contributed by atoms with van der Waals surface area (Å²) in [6.07, 6.45) is -0.521. The van der Waals surface area contributed by atoms with Crippen LogP contribution in [0.2, 0.25) is 18.1 Å². The van der Waals surface area contributed by atoms with Crippen LogP contribution in [0.15, 0.2) is 29.8 Å². The van der Waals surface area contributed by atoms with Gasteiger partial charge in [0, 0.05) is 31.7 Å². The molecule has 0 aromatic heterocycles. The Morgan fingerprint density at radius 2 is 1.74 bits per heavy atom. The number of ether oxygens (including phenoxy) is 1. The van der Waals surface area contributed by atoms with Gasteiger partial charge in [-0.25, -0.2) is 9.59 Å². The Kier molecular flexibility index (Phi) is 8.03. The Balaban J connectivity index is 1.69. The molecule has 2 heterocycles. The molecule has 1 amide bonds. The van der Waals surface area contributed by atoms with Crippen molar-refractivity contribution in [2.24, 2.45) is 5.92 Å². The number of amides is 1. The predicted octanol–water partition coefficient (Wildman–Crippen LogP) is 4.63. The van der Waals surface area contributed by atoms with E-state index < -0.39 is 26.4 Å². The van der Waals surface area contributed by atoms with Gasteiger partial charge in [-0.2, -0.15) is 0 Å². The highest BCUT2D eigenvalue weighted by molar-refractivity contribution is 6.74. The molecule has 1 aromatic rings. The first-order valence-electron chi connectivity index (χ1n) is 12.2. The van der Waals surface area contributed by atoms with E-state index in [4.69, 9.17) is 9.16 Å². The molecule has 1 saturated heterocycles. The van der Waals surface area contributed by atoms with E-state index in [2.05, 4.69) is 40.8 Å². The van der Waals surface area contributed by atoms with Crippen LogP contribution in [0.5, 0.6) is 5.75 Å². The molecule has 1 aromatic carbocycles. The van der Waals surface area contributed by atoms with Gasteiger partial charge in [0.05, 0.1) is 18.2 Å². The Bertz CT molecular complexity index is 969. The first-order valence-corrected chi connectivity index (χ1v) is 15.2. The van der Waals surface area contributed by atoms with Gasteiger partial charge in [-0.05, 0) is 54.9 Å². The fourth-order valence-corrected chi connectivity index (χ4v) is 5.54. The number of piperazine rings is 1. The zero-order valence-corrected chi connectivity index (χ0v) is 23.0. The molecule has 0 radical (unpaired) electrons. The van der Waals surface area contributed by atoms with E-state index in [1.54, 1.807) is 0 Å². The van der Waals surface area contributed by atoms with Gasteiger partial charge in [0.25, 0.3) is 0 Å². The molecule has 0 spiro atoms. The molecule has 9 heteroatoms. The molecule has 2 aliphatic rings. The summed E-state index contributed by atoms with van der Waals surface area (Å²) in [6, 6.07) is 7.03. The maximum atomic E-state index is 12.2. The molecule has 1 fully saturated rings. The molecule has 0 unspecified atom stereocenters. The van der Waals surface area contributed by atoms with E-state index in [1.807, 2.05) is 36.2 Å². The monoisotopic (exact) mass is 504 g/mol. The highest BCUT2D eigenvalue weighted by Gasteiger charge is 2.43. The summed E-state index contributed by atoms with van der Waals surface area (Å²) in [5.41, 5.74) is 1.90. The van der Waals surface area contributed by atoms with Crippen LogP contribution in [0.3, 0.4) is 0 Å². The predicted molar refractivity (Wildman–Crippen MR) is 138 cm³/mol. The summed E-state index contributed by atoms with van der Waals surface area (Å²) in [5, 5.41) is 19.6. The molecule has 2 N–H and O–H groups in total. The first-order chi connectivity index (χ1) is 16.2. The number of likely N-dealkylation sites (N-methyl/N-ethyl adjacent to an activating group) is 1. The van der Waals surface area contributed by atoms with Crippen molar-refractivity contribution in [2.45, 2.75) is 64.3 Å². The largest absolute Gasteiger partial charge is 0.493 e. The van der Waals surface area contributed by atoms with Gasteiger partial charge in [-0.1, -0.05) is 39.8 Å². The van der Waals surface area contributed by atoms with Crippen molar-refractivity contribution in [2.75, 3.05) is 33.4 Å². The van der Waals surface area contributed by atoms with Crippen LogP contribution < -0.4 is 4.74 Å². The molecule has 2 bridgehead atoms. The molecule has 0 saturated carbocycles. The van der Waals surface area contributed by atoms with E-state index in [0.717, 1.165) is 16.9 Å². The lowest BCUT2D eigenvalue weighted by Gasteiger charge is -2.48. The van der Waals surface area contributed by atoms with E-state index >= 15 is 0 Å². The number of nitrogens with zero attached hydrogens (tertiary/aromatic N) is 2. The summed E-state index contributed by atoms with van der Waals surface area (Å²) in [4.78, 5) is 27.1. The van der Waals surface area contributed by atoms with Crippen LogP contribution in [-0.4, -0.2) is 85.8 Å². The molecule has 3 rings (SSSR count). The summed E-state index contributed by atoms with van der Waals surface area (Å²) in [7, 11) is 0.0846. The molecule has 35 heavy (non-hydrogen) atoms. The van der Waals surface area contributed by atoms with Gasteiger partial charge in [-0.3, -0.25) is 4.90 Å². The second-order valence-electron chi connectivity index (χ2n) is 11.4. The van der Waals surface area contributed by atoms with E-state index in [0.29, 0.717) is 26.2 Å².